The van der Waals surface area contributed by atoms with Crippen LogP contribution in [0.25, 0.3) is 0 Å². The molecule has 2 fully saturated rings. The number of hydrogen-bond donors (Lipinski definition) is 5. The topological polar surface area (TPSA) is 110 Å². The Bertz CT molecular complexity index is 968. The molecule has 8 heteroatoms. The van der Waals surface area contributed by atoms with Gasteiger partial charge in [0.1, 0.15) is 6.04 Å². The van der Waals surface area contributed by atoms with Crippen molar-refractivity contribution in [3.05, 3.63) is 53.3 Å². The molecule has 3 aliphatic rings. The summed E-state index contributed by atoms with van der Waals surface area (Å²) >= 11 is 0. The van der Waals surface area contributed by atoms with Crippen LogP contribution in [0.3, 0.4) is 0 Å². The maximum atomic E-state index is 13.0. The Morgan fingerprint density at radius 2 is 1.85 bits per heavy atom. The fourth-order valence-corrected chi connectivity index (χ4v) is 4.46. The molecule has 41 heavy (non-hydrogen) atoms. The lowest BCUT2D eigenvalue weighted by Gasteiger charge is -2.36. The number of benzene rings is 1. The Morgan fingerprint density at radius 3 is 2.39 bits per heavy atom. The molecule has 1 heterocycles. The van der Waals surface area contributed by atoms with Gasteiger partial charge in [-0.2, -0.15) is 0 Å². The Morgan fingerprint density at radius 1 is 1.17 bits per heavy atom. The van der Waals surface area contributed by atoms with Crippen LogP contribution >= 0.6 is 0 Å². The molecule has 2 unspecified atom stereocenters. The molecular weight excluding hydrogens is 517 g/mol. The standard InChI is InChI=1S/C25H34FN3O2.C4H9N.C2H5N.C2H6/c1-3-9-27-15-17-10-23(18-7-8-18)29-24(11-17)25(30)28-21-6-4-5-19(12-21)20-13-22(14-20)31-16(2)26;1-2-3-4-5;1-2-3;1-2/h4-6,10-12,16,18,20,22,24,27,29H,3,7-9,13-15H2,1-2H3,(H,28,30);4-5H,2-3H2,1H3;2-3H,1H3;1-2H3. The number of alkyl halides is 1. The molecule has 1 aromatic rings. The summed E-state index contributed by atoms with van der Waals surface area (Å²) in [6, 6.07) is 7.63. The quantitative estimate of drug-likeness (QED) is 0.132. The van der Waals surface area contributed by atoms with E-state index < -0.39 is 6.36 Å². The number of hydrogen-bond acceptors (Lipinski definition) is 6. The highest BCUT2D eigenvalue weighted by atomic mass is 19.1. The summed E-state index contributed by atoms with van der Waals surface area (Å²) in [6.45, 7) is 13.1. The highest BCUT2D eigenvalue weighted by Crippen LogP contribution is 2.40. The van der Waals surface area contributed by atoms with Gasteiger partial charge in [-0.25, -0.2) is 4.39 Å². The Balaban J connectivity index is 0.000000736. The maximum Gasteiger partial charge on any atom is 0.250 e. The molecule has 4 rings (SSSR count). The number of dihydropyridines is 1. The number of allylic oxidation sites excluding steroid dienone is 1. The van der Waals surface area contributed by atoms with Gasteiger partial charge in [-0.1, -0.05) is 46.2 Å². The van der Waals surface area contributed by atoms with Crippen LogP contribution < -0.4 is 16.0 Å². The second-order valence-electron chi connectivity index (χ2n) is 10.3. The smallest absolute Gasteiger partial charge is 0.250 e. The molecule has 7 nitrogen and oxygen atoms in total. The summed E-state index contributed by atoms with van der Waals surface area (Å²) in [5.74, 6) is 0.876. The molecule has 230 valence electrons. The van der Waals surface area contributed by atoms with Gasteiger partial charge in [0.2, 0.25) is 0 Å². The first kappa shape index (κ1) is 36.2. The van der Waals surface area contributed by atoms with E-state index in [1.807, 2.05) is 38.1 Å². The van der Waals surface area contributed by atoms with Crippen LogP contribution in [0, 0.1) is 16.7 Å². The fourth-order valence-electron chi connectivity index (χ4n) is 4.46. The molecule has 1 amide bonds. The number of anilines is 1. The van der Waals surface area contributed by atoms with Gasteiger partial charge in [0, 0.05) is 17.9 Å². The molecule has 0 radical (unpaired) electrons. The predicted octanol–water partition coefficient (Wildman–Crippen LogP) is 7.51. The monoisotopic (exact) mass is 571 g/mol. The number of rotatable bonds is 12. The van der Waals surface area contributed by atoms with E-state index in [1.165, 1.54) is 49.0 Å². The lowest BCUT2D eigenvalue weighted by Crippen LogP contribution is -2.41. The minimum absolute atomic E-state index is 0.00723. The third-order valence-corrected chi connectivity index (χ3v) is 6.63. The Labute approximate surface area is 247 Å². The number of carbonyl (C=O) groups excluding carboxylic acids is 1. The molecule has 0 aromatic heterocycles. The van der Waals surface area contributed by atoms with Crippen molar-refractivity contribution in [2.75, 3.05) is 18.4 Å². The van der Waals surface area contributed by atoms with E-state index in [-0.39, 0.29) is 18.1 Å². The summed E-state index contributed by atoms with van der Waals surface area (Å²) in [5, 5.41) is 22.5. The van der Waals surface area contributed by atoms with Crippen LogP contribution in [0.15, 0.2) is 47.7 Å². The van der Waals surface area contributed by atoms with Crippen molar-refractivity contribution in [1.82, 2.24) is 10.6 Å². The van der Waals surface area contributed by atoms with Gasteiger partial charge in [0.15, 0.2) is 6.36 Å². The molecule has 2 atom stereocenters. The zero-order chi connectivity index (χ0) is 30.6. The van der Waals surface area contributed by atoms with E-state index in [0.29, 0.717) is 11.8 Å². The van der Waals surface area contributed by atoms with E-state index in [0.717, 1.165) is 50.9 Å². The molecule has 0 saturated heterocycles. The van der Waals surface area contributed by atoms with Gasteiger partial charge in [-0.15, -0.1) is 0 Å². The molecule has 0 spiro atoms. The maximum absolute atomic E-state index is 13.0. The number of nitrogens with one attached hydrogen (secondary N) is 5. The van der Waals surface area contributed by atoms with Crippen molar-refractivity contribution in [1.29, 1.82) is 10.8 Å². The van der Waals surface area contributed by atoms with E-state index in [9.17, 15) is 9.18 Å². The summed E-state index contributed by atoms with van der Waals surface area (Å²) in [6.07, 6.45) is 12.8. The summed E-state index contributed by atoms with van der Waals surface area (Å²) in [7, 11) is 0. The first-order valence-electron chi connectivity index (χ1n) is 15.4. The van der Waals surface area contributed by atoms with Gasteiger partial charge in [-0.3, -0.25) is 4.79 Å². The number of unbranched alkanes of at least 4 members (excludes halogenated alkanes) is 1. The van der Waals surface area contributed by atoms with Crippen LogP contribution in [-0.4, -0.2) is 49.9 Å². The summed E-state index contributed by atoms with van der Waals surface area (Å²) in [4.78, 5) is 13.0. The van der Waals surface area contributed by atoms with E-state index in [2.05, 4.69) is 41.9 Å². The number of carbonyl (C=O) groups is 1. The first-order chi connectivity index (χ1) is 19.8. The highest BCUT2D eigenvalue weighted by molar-refractivity contribution is 5.96. The molecular formula is C33H54FN5O2. The summed E-state index contributed by atoms with van der Waals surface area (Å²) in [5.41, 5.74) is 4.33. The predicted molar refractivity (Wildman–Crippen MR) is 171 cm³/mol. The lowest BCUT2D eigenvalue weighted by molar-refractivity contribution is -0.117. The van der Waals surface area contributed by atoms with Gasteiger partial charge in [0.05, 0.1) is 6.10 Å². The largest absolute Gasteiger partial charge is 0.374 e. The molecule has 2 aliphatic carbocycles. The third-order valence-electron chi connectivity index (χ3n) is 6.63. The van der Waals surface area contributed by atoms with Crippen molar-refractivity contribution >= 4 is 24.0 Å². The SMILES string of the molecule is CC.CC=N.CCCC=N.CCCNCC1=CC(C(=O)Nc2cccc(C3CC(OC(C)F)C3)c2)NC(C2CC2)=C1. The van der Waals surface area contributed by atoms with Crippen molar-refractivity contribution in [3.63, 3.8) is 0 Å². The normalized spacial score (nSPS) is 21.2. The second kappa shape index (κ2) is 20.9. The number of halogens is 1. The van der Waals surface area contributed by atoms with E-state index >= 15 is 0 Å². The molecule has 1 aromatic carbocycles. The minimum atomic E-state index is -1.22. The van der Waals surface area contributed by atoms with E-state index in [4.69, 9.17) is 15.6 Å². The van der Waals surface area contributed by atoms with Crippen LogP contribution in [0.2, 0.25) is 0 Å². The van der Waals surface area contributed by atoms with Crippen molar-refractivity contribution in [2.24, 2.45) is 5.92 Å². The van der Waals surface area contributed by atoms with Crippen LogP contribution in [0.4, 0.5) is 10.1 Å². The average Bonchev–Trinajstić information content (AvgIpc) is 3.79. The molecule has 2 saturated carbocycles. The third kappa shape index (κ3) is 14.1. The van der Waals surface area contributed by atoms with Crippen molar-refractivity contribution in [3.8, 4) is 0 Å². The lowest BCUT2D eigenvalue weighted by atomic mass is 9.77. The Hall–Kier alpha value is -2.84. The van der Waals surface area contributed by atoms with Gasteiger partial charge in [-0.05, 0) is 119 Å². The zero-order valence-corrected chi connectivity index (χ0v) is 26.1. The van der Waals surface area contributed by atoms with Crippen LogP contribution in [0.5, 0.6) is 0 Å². The minimum Gasteiger partial charge on any atom is -0.374 e. The zero-order valence-electron chi connectivity index (χ0n) is 26.1. The van der Waals surface area contributed by atoms with E-state index in [1.54, 1.807) is 6.92 Å². The van der Waals surface area contributed by atoms with Crippen LogP contribution in [0.1, 0.15) is 98.0 Å². The fraction of sp³-hybridized carbons (Fsp3) is 0.606. The second-order valence-corrected chi connectivity index (χ2v) is 10.3. The Kier molecular flexibility index (Phi) is 18.5. The van der Waals surface area contributed by atoms with Crippen LogP contribution in [-0.2, 0) is 9.53 Å². The molecule has 1 aliphatic heterocycles. The first-order valence-corrected chi connectivity index (χ1v) is 15.4. The highest BCUT2D eigenvalue weighted by Gasteiger charge is 2.33. The average molecular weight is 572 g/mol. The van der Waals surface area contributed by atoms with Gasteiger partial charge in [0.25, 0.3) is 5.91 Å². The summed E-state index contributed by atoms with van der Waals surface area (Å²) < 4.78 is 18.2. The van der Waals surface area contributed by atoms with Gasteiger partial charge < -0.3 is 31.5 Å². The van der Waals surface area contributed by atoms with Gasteiger partial charge >= 0.3 is 0 Å². The molecule has 0 bridgehead atoms. The van der Waals surface area contributed by atoms with Crippen molar-refractivity contribution < 1.29 is 13.9 Å². The molecule has 5 N–H and O–H groups in total. The number of ether oxygens (including phenoxy) is 1. The van der Waals surface area contributed by atoms with Crippen molar-refractivity contribution in [2.45, 2.75) is 111 Å². The number of amides is 1.